The van der Waals surface area contributed by atoms with Gasteiger partial charge in [0.05, 0.1) is 22.5 Å². The Bertz CT molecular complexity index is 1560. The van der Waals surface area contributed by atoms with E-state index in [1.54, 1.807) is 25.3 Å². The van der Waals surface area contributed by atoms with Crippen molar-refractivity contribution in [1.82, 2.24) is 4.98 Å². The van der Waals surface area contributed by atoms with Crippen LogP contribution in [0.15, 0.2) is 70.8 Å². The van der Waals surface area contributed by atoms with E-state index in [0.717, 1.165) is 40.1 Å². The molecular formula is C25H25N5O4S. The van der Waals surface area contributed by atoms with Crippen LogP contribution in [0.25, 0.3) is 10.9 Å². The van der Waals surface area contributed by atoms with E-state index in [1.165, 1.54) is 17.7 Å². The standard InChI is InChI=1S/C25H25N5O4S/c1-4-18-6-5-7-21-19(14-26-25(18)21)15-27-28-23-11-9-20(30(31)32)13-24(23)35(33,34)29-22-10-8-16(2)12-17(22)3/h5-15,26,28-29H,4H2,1-3H3. The second-order valence-corrected chi connectivity index (χ2v) is 9.82. The number of H-pyrrole nitrogens is 1. The average Bonchev–Trinajstić information content (AvgIpc) is 3.24. The molecule has 0 fully saturated rings. The fourth-order valence-electron chi connectivity index (χ4n) is 3.88. The van der Waals surface area contributed by atoms with Crippen molar-refractivity contribution in [1.29, 1.82) is 0 Å². The second-order valence-electron chi connectivity index (χ2n) is 8.17. The molecule has 3 aromatic carbocycles. The lowest BCUT2D eigenvalue weighted by Gasteiger charge is -2.14. The topological polar surface area (TPSA) is 129 Å². The summed E-state index contributed by atoms with van der Waals surface area (Å²) in [4.78, 5) is 13.7. The van der Waals surface area contributed by atoms with E-state index in [9.17, 15) is 18.5 Å². The third kappa shape index (κ3) is 5.02. The highest BCUT2D eigenvalue weighted by molar-refractivity contribution is 7.92. The minimum absolute atomic E-state index is 0.109. The van der Waals surface area contributed by atoms with Crippen molar-refractivity contribution in [3.8, 4) is 0 Å². The maximum absolute atomic E-state index is 13.2. The zero-order chi connectivity index (χ0) is 25.2. The molecule has 0 spiro atoms. The van der Waals surface area contributed by atoms with Gasteiger partial charge in [-0.2, -0.15) is 5.10 Å². The fraction of sp³-hybridized carbons (Fsp3) is 0.160. The highest BCUT2D eigenvalue weighted by Gasteiger charge is 2.23. The lowest BCUT2D eigenvalue weighted by atomic mass is 10.1. The Labute approximate surface area is 203 Å². The largest absolute Gasteiger partial charge is 0.360 e. The lowest BCUT2D eigenvalue weighted by Crippen LogP contribution is -2.16. The Morgan fingerprint density at radius 2 is 1.86 bits per heavy atom. The number of nitro groups is 1. The van der Waals surface area contributed by atoms with Crippen LogP contribution in [0.1, 0.15) is 29.2 Å². The number of hydrogen-bond acceptors (Lipinski definition) is 6. The van der Waals surface area contributed by atoms with Crippen molar-refractivity contribution in [3.05, 3.63) is 93.2 Å². The van der Waals surface area contributed by atoms with Gasteiger partial charge in [0, 0.05) is 34.8 Å². The lowest BCUT2D eigenvalue weighted by molar-refractivity contribution is -0.385. The first-order valence-corrected chi connectivity index (χ1v) is 12.4. The number of nitrogens with zero attached hydrogens (tertiary/aromatic N) is 2. The van der Waals surface area contributed by atoms with Crippen LogP contribution in [-0.2, 0) is 16.4 Å². The number of anilines is 2. The molecule has 0 aliphatic heterocycles. The molecule has 10 heteroatoms. The van der Waals surface area contributed by atoms with E-state index in [4.69, 9.17) is 0 Å². The normalized spacial score (nSPS) is 11.7. The molecule has 0 saturated carbocycles. The number of nitrogens with one attached hydrogen (secondary N) is 3. The summed E-state index contributed by atoms with van der Waals surface area (Å²) >= 11 is 0. The van der Waals surface area contributed by atoms with Crippen molar-refractivity contribution < 1.29 is 13.3 Å². The summed E-state index contributed by atoms with van der Waals surface area (Å²) in [5.74, 6) is 0. The van der Waals surface area contributed by atoms with Crippen molar-refractivity contribution >= 4 is 44.2 Å². The summed E-state index contributed by atoms with van der Waals surface area (Å²) in [5.41, 5.74) is 7.64. The summed E-state index contributed by atoms with van der Waals surface area (Å²) in [7, 11) is -4.16. The molecule has 0 amide bonds. The van der Waals surface area contributed by atoms with Gasteiger partial charge in [-0.05, 0) is 43.5 Å². The van der Waals surface area contributed by atoms with E-state index < -0.39 is 14.9 Å². The Balaban J connectivity index is 1.67. The van der Waals surface area contributed by atoms with Crippen LogP contribution < -0.4 is 10.1 Å². The number of hydrazone groups is 1. The van der Waals surface area contributed by atoms with Gasteiger partial charge in [0.2, 0.25) is 0 Å². The molecule has 0 bridgehead atoms. The van der Waals surface area contributed by atoms with Gasteiger partial charge < -0.3 is 4.98 Å². The van der Waals surface area contributed by atoms with Crippen LogP contribution >= 0.6 is 0 Å². The quantitative estimate of drug-likeness (QED) is 0.170. The number of non-ortho nitro benzene ring substituents is 1. The van der Waals surface area contributed by atoms with Gasteiger partial charge in [-0.3, -0.25) is 20.3 Å². The molecule has 0 atom stereocenters. The van der Waals surface area contributed by atoms with Gasteiger partial charge in [0.15, 0.2) is 0 Å². The number of sulfonamides is 1. The molecule has 9 nitrogen and oxygen atoms in total. The van der Waals surface area contributed by atoms with E-state index in [2.05, 4.69) is 33.2 Å². The molecule has 180 valence electrons. The Hall–Kier alpha value is -4.18. The van der Waals surface area contributed by atoms with Crippen molar-refractivity contribution in [3.63, 3.8) is 0 Å². The number of aromatic nitrogens is 1. The number of aromatic amines is 1. The number of benzene rings is 3. The Morgan fingerprint density at radius 1 is 1.09 bits per heavy atom. The van der Waals surface area contributed by atoms with Crippen molar-refractivity contribution in [2.45, 2.75) is 32.1 Å². The van der Waals surface area contributed by atoms with Crippen LogP contribution in [0.5, 0.6) is 0 Å². The summed E-state index contributed by atoms with van der Waals surface area (Å²) in [6.07, 6.45) is 4.28. The molecule has 35 heavy (non-hydrogen) atoms. The van der Waals surface area contributed by atoms with Gasteiger partial charge in [-0.15, -0.1) is 0 Å². The number of fused-ring (bicyclic) bond motifs is 1. The molecule has 0 aliphatic carbocycles. The number of rotatable bonds is 8. The molecule has 1 aromatic heterocycles. The minimum atomic E-state index is -4.16. The third-order valence-electron chi connectivity index (χ3n) is 5.70. The summed E-state index contributed by atoms with van der Waals surface area (Å²) < 4.78 is 29.0. The van der Waals surface area contributed by atoms with E-state index in [0.29, 0.717) is 5.69 Å². The summed E-state index contributed by atoms with van der Waals surface area (Å²) in [6.45, 7) is 5.77. The second kappa shape index (κ2) is 9.59. The molecule has 3 N–H and O–H groups in total. The first-order valence-electron chi connectivity index (χ1n) is 11.0. The van der Waals surface area contributed by atoms with E-state index >= 15 is 0 Å². The average molecular weight is 492 g/mol. The maximum atomic E-state index is 13.2. The zero-order valence-electron chi connectivity index (χ0n) is 19.5. The molecule has 0 aliphatic rings. The molecule has 0 radical (unpaired) electrons. The monoisotopic (exact) mass is 491 g/mol. The Kier molecular flexibility index (Phi) is 6.57. The van der Waals surface area contributed by atoms with Crippen LogP contribution in [0.4, 0.5) is 17.1 Å². The van der Waals surface area contributed by atoms with Gasteiger partial charge in [-0.1, -0.05) is 42.8 Å². The first-order chi connectivity index (χ1) is 16.7. The summed E-state index contributed by atoms with van der Waals surface area (Å²) in [5, 5.41) is 16.5. The van der Waals surface area contributed by atoms with Gasteiger partial charge in [-0.25, -0.2) is 8.42 Å². The van der Waals surface area contributed by atoms with Crippen LogP contribution in [0.3, 0.4) is 0 Å². The minimum Gasteiger partial charge on any atom is -0.360 e. The zero-order valence-corrected chi connectivity index (χ0v) is 20.3. The SMILES string of the molecule is CCc1cccc2c(C=NNc3ccc([N+](=O)[O-])cc3S(=O)(=O)Nc3ccc(C)cc3C)c[nH]c12. The van der Waals surface area contributed by atoms with Crippen LogP contribution in [0, 0.1) is 24.0 Å². The predicted octanol–water partition coefficient (Wildman–Crippen LogP) is 5.50. The molecule has 4 aromatic rings. The van der Waals surface area contributed by atoms with Crippen molar-refractivity contribution in [2.24, 2.45) is 5.10 Å². The van der Waals surface area contributed by atoms with Crippen molar-refractivity contribution in [2.75, 3.05) is 10.1 Å². The molecule has 0 unspecified atom stereocenters. The number of para-hydroxylation sites is 1. The number of hydrogen-bond donors (Lipinski definition) is 3. The molecule has 1 heterocycles. The van der Waals surface area contributed by atoms with Crippen LogP contribution in [0.2, 0.25) is 0 Å². The molecule has 0 saturated heterocycles. The van der Waals surface area contributed by atoms with E-state index in [1.807, 2.05) is 31.3 Å². The predicted molar refractivity (Wildman–Crippen MR) is 139 cm³/mol. The highest BCUT2D eigenvalue weighted by Crippen LogP contribution is 2.29. The Morgan fingerprint density at radius 3 is 2.57 bits per heavy atom. The van der Waals surface area contributed by atoms with Gasteiger partial charge in [0.25, 0.3) is 15.7 Å². The maximum Gasteiger partial charge on any atom is 0.270 e. The molecule has 4 rings (SSSR count). The van der Waals surface area contributed by atoms with Gasteiger partial charge in [0.1, 0.15) is 4.90 Å². The summed E-state index contributed by atoms with van der Waals surface area (Å²) in [6, 6.07) is 14.9. The smallest absolute Gasteiger partial charge is 0.270 e. The highest BCUT2D eigenvalue weighted by atomic mass is 32.2. The number of aryl methyl sites for hydroxylation is 3. The third-order valence-corrected chi connectivity index (χ3v) is 7.10. The van der Waals surface area contributed by atoms with E-state index in [-0.39, 0.29) is 16.3 Å². The van der Waals surface area contributed by atoms with Gasteiger partial charge >= 0.3 is 0 Å². The first kappa shape index (κ1) is 24.0. The fourth-order valence-corrected chi connectivity index (χ4v) is 5.19. The van der Waals surface area contributed by atoms with Crippen LogP contribution in [-0.4, -0.2) is 24.5 Å². The molecular weight excluding hydrogens is 466 g/mol. The number of nitro benzene ring substituents is 1.